The van der Waals surface area contributed by atoms with Crippen molar-refractivity contribution in [2.45, 2.75) is 45.6 Å². The number of fused-ring (bicyclic) bond motifs is 2. The van der Waals surface area contributed by atoms with E-state index in [-0.39, 0.29) is 11.6 Å². The molecule has 0 amide bonds. The van der Waals surface area contributed by atoms with Crippen molar-refractivity contribution in [3.8, 4) is 0 Å². The van der Waals surface area contributed by atoms with Gasteiger partial charge in [-0.25, -0.2) is 0 Å². The number of furan rings is 1. The molecule has 2 aliphatic rings. The molecule has 0 aliphatic heterocycles. The lowest BCUT2D eigenvalue weighted by Crippen LogP contribution is -2.59. The third-order valence-corrected chi connectivity index (χ3v) is 4.84. The number of ketones is 2. The van der Waals surface area contributed by atoms with Crippen LogP contribution in [0.5, 0.6) is 0 Å². The Hall–Kier alpha value is -1.42. The second kappa shape index (κ2) is 3.57. The molecule has 4 heteroatoms. The lowest BCUT2D eigenvalue weighted by Gasteiger charge is -2.49. The molecule has 0 radical (unpaired) electrons. The van der Waals surface area contributed by atoms with E-state index in [0.717, 1.165) is 5.56 Å². The van der Waals surface area contributed by atoms with Crippen LogP contribution in [0.25, 0.3) is 0 Å². The summed E-state index contributed by atoms with van der Waals surface area (Å²) < 4.78 is 5.43. The Morgan fingerprint density at radius 1 is 1.37 bits per heavy atom. The summed E-state index contributed by atoms with van der Waals surface area (Å²) in [6, 6.07) is 0. The fourth-order valence-corrected chi connectivity index (χ4v) is 3.85. The average Bonchev–Trinajstić information content (AvgIpc) is 2.65. The van der Waals surface area contributed by atoms with Gasteiger partial charge in [0.15, 0.2) is 5.78 Å². The van der Waals surface area contributed by atoms with Crippen LogP contribution in [0.15, 0.2) is 10.7 Å². The Bertz CT molecular complexity index is 581. The Labute approximate surface area is 111 Å². The molecule has 0 spiro atoms. The number of hydrogen-bond acceptors (Lipinski definition) is 4. The fraction of sp³-hybridized carbons (Fsp3) is 0.600. The summed E-state index contributed by atoms with van der Waals surface area (Å²) in [4.78, 5) is 25.0. The highest BCUT2D eigenvalue weighted by atomic mass is 16.3. The van der Waals surface area contributed by atoms with Crippen LogP contribution in [-0.4, -0.2) is 22.3 Å². The molecule has 1 N–H and O–H groups in total. The van der Waals surface area contributed by atoms with Crippen molar-refractivity contribution in [3.05, 3.63) is 23.2 Å². The first-order chi connectivity index (χ1) is 8.77. The maximum Gasteiger partial charge on any atom is 0.173 e. The molecule has 0 aromatic carbocycles. The highest BCUT2D eigenvalue weighted by Crippen LogP contribution is 2.51. The zero-order chi connectivity index (χ0) is 14.0. The maximum absolute atomic E-state index is 12.7. The molecule has 1 heterocycles. The van der Waals surface area contributed by atoms with Gasteiger partial charge in [-0.1, -0.05) is 6.92 Å². The van der Waals surface area contributed by atoms with Crippen molar-refractivity contribution >= 4 is 11.6 Å². The number of hydrogen-bond donors (Lipinski definition) is 1. The molecule has 1 aromatic rings. The Morgan fingerprint density at radius 3 is 2.74 bits per heavy atom. The van der Waals surface area contributed by atoms with Crippen molar-refractivity contribution in [2.75, 3.05) is 0 Å². The first-order valence-electron chi connectivity index (χ1n) is 6.64. The van der Waals surface area contributed by atoms with E-state index in [2.05, 4.69) is 0 Å². The van der Waals surface area contributed by atoms with Gasteiger partial charge in [-0.2, -0.15) is 0 Å². The van der Waals surface area contributed by atoms with Crippen LogP contribution in [0.3, 0.4) is 0 Å². The Morgan fingerprint density at radius 2 is 2.05 bits per heavy atom. The van der Waals surface area contributed by atoms with E-state index in [0.29, 0.717) is 30.6 Å². The molecule has 3 rings (SSSR count). The van der Waals surface area contributed by atoms with Gasteiger partial charge in [0, 0.05) is 18.3 Å². The smallest absolute Gasteiger partial charge is 0.173 e. The van der Waals surface area contributed by atoms with Crippen LogP contribution >= 0.6 is 0 Å². The van der Waals surface area contributed by atoms with Crippen molar-refractivity contribution < 1.29 is 19.1 Å². The molecule has 3 atom stereocenters. The zero-order valence-corrected chi connectivity index (χ0v) is 11.4. The molecule has 102 valence electrons. The Kier molecular flexibility index (Phi) is 2.37. The lowest BCUT2D eigenvalue weighted by molar-refractivity contribution is -0.147. The van der Waals surface area contributed by atoms with E-state index in [9.17, 15) is 14.7 Å². The van der Waals surface area contributed by atoms with Crippen LogP contribution in [0.1, 0.15) is 48.4 Å². The summed E-state index contributed by atoms with van der Waals surface area (Å²) in [6.07, 6.45) is 2.64. The molecule has 0 saturated heterocycles. The van der Waals surface area contributed by atoms with Crippen molar-refractivity contribution in [1.82, 2.24) is 0 Å². The van der Waals surface area contributed by atoms with E-state index in [4.69, 9.17) is 4.42 Å². The van der Waals surface area contributed by atoms with Gasteiger partial charge >= 0.3 is 0 Å². The standard InChI is InChI=1S/C15H18O4/c1-8-7-19-9-6-14(2)10(16)4-5-15(3,18)13(14)12(17)11(8)9/h7,13,18H,4-6H2,1-3H3/t13-,14-,15+/m0/s1. The second-order valence-electron chi connectivity index (χ2n) is 6.39. The lowest BCUT2D eigenvalue weighted by atomic mass is 9.54. The third kappa shape index (κ3) is 1.49. The summed E-state index contributed by atoms with van der Waals surface area (Å²) in [7, 11) is 0. The molecule has 0 bridgehead atoms. The van der Waals surface area contributed by atoms with Crippen molar-refractivity contribution in [3.63, 3.8) is 0 Å². The van der Waals surface area contributed by atoms with Gasteiger partial charge in [-0.15, -0.1) is 0 Å². The highest BCUT2D eigenvalue weighted by molar-refractivity contribution is 6.06. The average molecular weight is 262 g/mol. The van der Waals surface area contributed by atoms with Crippen molar-refractivity contribution in [1.29, 1.82) is 0 Å². The summed E-state index contributed by atoms with van der Waals surface area (Å²) in [5, 5.41) is 10.6. The number of Topliss-reactive ketones (excluding diaryl/α,β-unsaturated/α-hetero) is 2. The molecular weight excluding hydrogens is 244 g/mol. The summed E-state index contributed by atoms with van der Waals surface area (Å²) >= 11 is 0. The van der Waals surface area contributed by atoms with Gasteiger partial charge in [-0.05, 0) is 25.8 Å². The van der Waals surface area contributed by atoms with Crippen LogP contribution in [0.2, 0.25) is 0 Å². The quantitative estimate of drug-likeness (QED) is 0.777. The van der Waals surface area contributed by atoms with Gasteiger partial charge < -0.3 is 9.52 Å². The number of aryl methyl sites for hydroxylation is 1. The predicted molar refractivity (Wildman–Crippen MR) is 67.9 cm³/mol. The minimum atomic E-state index is -1.12. The maximum atomic E-state index is 12.7. The SMILES string of the molecule is Cc1coc2c1C(=O)[C@H]1[C@@](C)(C2)C(=O)CC[C@@]1(C)O. The van der Waals surface area contributed by atoms with E-state index in [1.807, 2.05) is 6.92 Å². The van der Waals surface area contributed by atoms with E-state index >= 15 is 0 Å². The molecular formula is C15H18O4. The number of aliphatic hydroxyl groups is 1. The molecule has 1 saturated carbocycles. The fourth-order valence-electron chi connectivity index (χ4n) is 3.85. The number of carbonyl (C=O) groups is 2. The molecule has 2 aliphatic carbocycles. The molecule has 19 heavy (non-hydrogen) atoms. The van der Waals surface area contributed by atoms with Gasteiger partial charge in [0.2, 0.25) is 0 Å². The number of carbonyl (C=O) groups excluding carboxylic acids is 2. The highest BCUT2D eigenvalue weighted by Gasteiger charge is 2.59. The first kappa shape index (κ1) is 12.6. The van der Waals surface area contributed by atoms with Gasteiger partial charge in [0.05, 0.1) is 23.3 Å². The Balaban J connectivity index is 2.21. The summed E-state index contributed by atoms with van der Waals surface area (Å²) in [5.41, 5.74) is -0.606. The molecule has 0 unspecified atom stereocenters. The first-order valence-corrected chi connectivity index (χ1v) is 6.64. The molecule has 4 nitrogen and oxygen atoms in total. The largest absolute Gasteiger partial charge is 0.468 e. The normalized spacial score (nSPS) is 38.0. The van der Waals surface area contributed by atoms with Crippen LogP contribution in [-0.2, 0) is 11.2 Å². The van der Waals surface area contributed by atoms with Crippen molar-refractivity contribution in [2.24, 2.45) is 11.3 Å². The van der Waals surface area contributed by atoms with E-state index in [1.165, 1.54) is 0 Å². The predicted octanol–water partition coefficient (Wildman–Crippen LogP) is 2.06. The van der Waals surface area contributed by atoms with E-state index < -0.39 is 16.9 Å². The van der Waals surface area contributed by atoms with Crippen LogP contribution < -0.4 is 0 Å². The van der Waals surface area contributed by atoms with Crippen LogP contribution in [0.4, 0.5) is 0 Å². The van der Waals surface area contributed by atoms with Crippen LogP contribution in [0, 0.1) is 18.3 Å². The molecule has 1 fully saturated rings. The second-order valence-corrected chi connectivity index (χ2v) is 6.39. The number of rotatable bonds is 0. The van der Waals surface area contributed by atoms with Gasteiger partial charge in [0.25, 0.3) is 0 Å². The molecule has 1 aromatic heterocycles. The van der Waals surface area contributed by atoms with Gasteiger partial charge in [0.1, 0.15) is 11.5 Å². The monoisotopic (exact) mass is 262 g/mol. The van der Waals surface area contributed by atoms with E-state index in [1.54, 1.807) is 20.1 Å². The van der Waals surface area contributed by atoms with Gasteiger partial charge in [-0.3, -0.25) is 9.59 Å². The summed E-state index contributed by atoms with van der Waals surface area (Å²) in [6.45, 7) is 5.27. The topological polar surface area (TPSA) is 67.5 Å². The summed E-state index contributed by atoms with van der Waals surface area (Å²) in [5.74, 6) is -0.164. The zero-order valence-electron chi connectivity index (χ0n) is 11.4. The third-order valence-electron chi connectivity index (χ3n) is 4.84. The minimum absolute atomic E-state index is 0.0529. The minimum Gasteiger partial charge on any atom is -0.468 e.